The molecule has 9 heteroatoms. The van der Waals surface area contributed by atoms with Crippen LogP contribution in [0.5, 0.6) is 5.75 Å². The van der Waals surface area contributed by atoms with Gasteiger partial charge in [0.05, 0.1) is 5.56 Å². The lowest BCUT2D eigenvalue weighted by atomic mass is 10.2. The van der Waals surface area contributed by atoms with Gasteiger partial charge in [-0.3, -0.25) is 4.79 Å². The molecule has 1 N–H and O–H groups in total. The van der Waals surface area contributed by atoms with Gasteiger partial charge in [-0.25, -0.2) is 9.67 Å². The van der Waals surface area contributed by atoms with Crippen molar-refractivity contribution in [3.8, 4) is 11.6 Å². The topological polar surface area (TPSA) is 69.0 Å². The fourth-order valence-electron chi connectivity index (χ4n) is 2.03. The summed E-state index contributed by atoms with van der Waals surface area (Å²) < 4.78 is 42.0. The quantitative estimate of drug-likeness (QED) is 0.784. The number of alkyl halides is 3. The molecule has 1 amide bonds. The number of amides is 1. The third-order valence-corrected chi connectivity index (χ3v) is 3.07. The van der Waals surface area contributed by atoms with E-state index in [1.54, 1.807) is 24.5 Å². The van der Waals surface area contributed by atoms with Crippen molar-refractivity contribution in [3.63, 3.8) is 0 Å². The molecule has 6 nitrogen and oxygen atoms in total. The molecule has 0 saturated heterocycles. The number of hydrogen-bond donors (Lipinski definition) is 1. The summed E-state index contributed by atoms with van der Waals surface area (Å²) in [5.74, 6) is -0.400. The standard InChI is InChI=1S/C16H11F3N4O2/c17-16(18,19)25-13-4-1-3-12(9-13)22-15(24)11-5-6-14(20-10-11)23-8-2-7-21-23/h1-10H,(H,22,24). The second kappa shape index (κ2) is 6.63. The highest BCUT2D eigenvalue weighted by Crippen LogP contribution is 2.25. The van der Waals surface area contributed by atoms with Gasteiger partial charge in [-0.1, -0.05) is 6.07 Å². The average molecular weight is 348 g/mol. The van der Waals surface area contributed by atoms with Crippen LogP contribution in [0.15, 0.2) is 61.1 Å². The molecule has 3 rings (SSSR count). The molecule has 0 unspecified atom stereocenters. The van der Waals surface area contributed by atoms with Gasteiger partial charge in [0.25, 0.3) is 5.91 Å². The van der Waals surface area contributed by atoms with Crippen LogP contribution in [0.25, 0.3) is 5.82 Å². The van der Waals surface area contributed by atoms with Crippen molar-refractivity contribution in [1.29, 1.82) is 0 Å². The Kier molecular flexibility index (Phi) is 4.38. The molecule has 25 heavy (non-hydrogen) atoms. The number of carbonyl (C=O) groups excluding carboxylic acids is 1. The Bertz CT molecular complexity index is 862. The molecule has 2 heterocycles. The van der Waals surface area contributed by atoms with Crippen LogP contribution >= 0.6 is 0 Å². The number of nitrogens with zero attached hydrogens (tertiary/aromatic N) is 3. The lowest BCUT2D eigenvalue weighted by Gasteiger charge is -2.11. The summed E-state index contributed by atoms with van der Waals surface area (Å²) >= 11 is 0. The van der Waals surface area contributed by atoms with E-state index in [9.17, 15) is 18.0 Å². The first-order chi connectivity index (χ1) is 11.9. The third kappa shape index (κ3) is 4.34. The van der Waals surface area contributed by atoms with E-state index < -0.39 is 18.0 Å². The van der Waals surface area contributed by atoms with Crippen molar-refractivity contribution in [2.45, 2.75) is 6.36 Å². The van der Waals surface area contributed by atoms with Gasteiger partial charge in [0.15, 0.2) is 5.82 Å². The fourth-order valence-corrected chi connectivity index (χ4v) is 2.03. The molecule has 1 aromatic carbocycles. The highest BCUT2D eigenvalue weighted by atomic mass is 19.4. The molecule has 0 aliphatic rings. The number of rotatable bonds is 4. The maximum Gasteiger partial charge on any atom is 0.573 e. The minimum Gasteiger partial charge on any atom is -0.406 e. The number of anilines is 1. The van der Waals surface area contributed by atoms with E-state index in [-0.39, 0.29) is 11.3 Å². The second-order valence-corrected chi connectivity index (χ2v) is 4.89. The molecule has 0 atom stereocenters. The highest BCUT2D eigenvalue weighted by Gasteiger charge is 2.31. The van der Waals surface area contributed by atoms with Crippen LogP contribution in [0.1, 0.15) is 10.4 Å². The fraction of sp³-hybridized carbons (Fsp3) is 0.0625. The molecule has 2 aromatic heterocycles. The van der Waals surface area contributed by atoms with E-state index in [0.717, 1.165) is 12.1 Å². The molecule has 3 aromatic rings. The summed E-state index contributed by atoms with van der Waals surface area (Å²) in [6.07, 6.45) is -0.149. The van der Waals surface area contributed by atoms with Crippen molar-refractivity contribution in [2.24, 2.45) is 0 Å². The molecule has 0 aliphatic carbocycles. The number of halogens is 3. The van der Waals surface area contributed by atoms with Crippen molar-refractivity contribution in [1.82, 2.24) is 14.8 Å². The van der Waals surface area contributed by atoms with Gasteiger partial charge in [-0.2, -0.15) is 5.10 Å². The number of carbonyl (C=O) groups is 1. The van der Waals surface area contributed by atoms with Crippen molar-refractivity contribution in [3.05, 3.63) is 66.6 Å². The van der Waals surface area contributed by atoms with Gasteiger partial charge in [-0.05, 0) is 30.3 Å². The zero-order chi connectivity index (χ0) is 17.9. The number of ether oxygens (including phenoxy) is 1. The van der Waals surface area contributed by atoms with Gasteiger partial charge in [0.1, 0.15) is 5.75 Å². The molecule has 128 valence electrons. The Labute approximate surface area is 139 Å². The first kappa shape index (κ1) is 16.5. The van der Waals surface area contributed by atoms with E-state index in [4.69, 9.17) is 0 Å². The number of pyridine rings is 1. The highest BCUT2D eigenvalue weighted by molar-refractivity contribution is 6.04. The summed E-state index contributed by atoms with van der Waals surface area (Å²) in [6, 6.07) is 9.89. The minimum absolute atomic E-state index is 0.169. The van der Waals surface area contributed by atoms with Crippen molar-refractivity contribution in [2.75, 3.05) is 5.32 Å². The van der Waals surface area contributed by atoms with Crippen LogP contribution in [0.3, 0.4) is 0 Å². The van der Waals surface area contributed by atoms with Gasteiger partial charge < -0.3 is 10.1 Å². The van der Waals surface area contributed by atoms with Crippen LogP contribution < -0.4 is 10.1 Å². The number of hydrogen-bond acceptors (Lipinski definition) is 4. The Balaban J connectivity index is 1.71. The van der Waals surface area contributed by atoms with Crippen molar-refractivity contribution < 1.29 is 22.7 Å². The first-order valence-electron chi connectivity index (χ1n) is 7.04. The van der Waals surface area contributed by atoms with Crippen LogP contribution in [0.4, 0.5) is 18.9 Å². The summed E-state index contributed by atoms with van der Waals surface area (Å²) in [7, 11) is 0. The summed E-state index contributed by atoms with van der Waals surface area (Å²) in [4.78, 5) is 16.3. The third-order valence-electron chi connectivity index (χ3n) is 3.07. The second-order valence-electron chi connectivity index (χ2n) is 4.89. The predicted octanol–water partition coefficient (Wildman–Crippen LogP) is 3.42. The van der Waals surface area contributed by atoms with Gasteiger partial charge in [0, 0.05) is 30.3 Å². The first-order valence-corrected chi connectivity index (χ1v) is 7.04. The molecule has 0 aliphatic heterocycles. The maximum atomic E-state index is 12.2. The van der Waals surface area contributed by atoms with E-state index in [1.807, 2.05) is 0 Å². The van der Waals surface area contributed by atoms with Crippen LogP contribution in [-0.2, 0) is 0 Å². The molecule has 0 spiro atoms. The van der Waals surface area contributed by atoms with Crippen LogP contribution in [0.2, 0.25) is 0 Å². The van der Waals surface area contributed by atoms with Crippen molar-refractivity contribution >= 4 is 11.6 Å². The lowest BCUT2D eigenvalue weighted by molar-refractivity contribution is -0.274. The Hall–Kier alpha value is -3.36. The minimum atomic E-state index is -4.80. The predicted molar refractivity (Wildman–Crippen MR) is 82.4 cm³/mol. The number of benzene rings is 1. The normalized spacial score (nSPS) is 11.2. The van der Waals surface area contributed by atoms with E-state index in [1.165, 1.54) is 29.1 Å². The van der Waals surface area contributed by atoms with Crippen LogP contribution in [-0.4, -0.2) is 27.0 Å². The zero-order valence-electron chi connectivity index (χ0n) is 12.6. The van der Waals surface area contributed by atoms with Crippen LogP contribution in [0, 0.1) is 0 Å². The Morgan fingerprint density at radius 3 is 2.64 bits per heavy atom. The molecular weight excluding hydrogens is 337 g/mol. The van der Waals surface area contributed by atoms with E-state index in [0.29, 0.717) is 5.82 Å². The Morgan fingerprint density at radius 2 is 2.00 bits per heavy atom. The van der Waals surface area contributed by atoms with Gasteiger partial charge in [0.2, 0.25) is 0 Å². The summed E-state index contributed by atoms with van der Waals surface area (Å²) in [6.45, 7) is 0. The molecule has 0 bridgehead atoms. The maximum absolute atomic E-state index is 12.2. The smallest absolute Gasteiger partial charge is 0.406 e. The average Bonchev–Trinajstić information content (AvgIpc) is 3.08. The monoisotopic (exact) mass is 348 g/mol. The Morgan fingerprint density at radius 1 is 1.16 bits per heavy atom. The molecule has 0 saturated carbocycles. The summed E-state index contributed by atoms with van der Waals surface area (Å²) in [5.41, 5.74) is 0.418. The van der Waals surface area contributed by atoms with E-state index >= 15 is 0 Å². The number of aromatic nitrogens is 3. The zero-order valence-corrected chi connectivity index (χ0v) is 12.6. The van der Waals surface area contributed by atoms with Gasteiger partial charge >= 0.3 is 6.36 Å². The SMILES string of the molecule is O=C(Nc1cccc(OC(F)(F)F)c1)c1ccc(-n2cccn2)nc1. The van der Waals surface area contributed by atoms with Gasteiger partial charge in [-0.15, -0.1) is 13.2 Å². The molecule has 0 radical (unpaired) electrons. The molecule has 0 fully saturated rings. The van der Waals surface area contributed by atoms with E-state index in [2.05, 4.69) is 20.1 Å². The lowest BCUT2D eigenvalue weighted by Crippen LogP contribution is -2.17. The summed E-state index contributed by atoms with van der Waals surface area (Å²) in [5, 5.41) is 6.51. The molecular formula is C16H11F3N4O2. The largest absolute Gasteiger partial charge is 0.573 e. The number of nitrogens with one attached hydrogen (secondary N) is 1.